The Bertz CT molecular complexity index is 403. The van der Waals surface area contributed by atoms with Gasteiger partial charge in [-0.1, -0.05) is 44.2 Å². The van der Waals surface area contributed by atoms with Gasteiger partial charge in [0.25, 0.3) is 0 Å². The van der Waals surface area contributed by atoms with Crippen LogP contribution in [-0.2, 0) is 16.8 Å². The number of aromatic nitrogens is 2. The van der Waals surface area contributed by atoms with E-state index in [1.807, 2.05) is 6.07 Å². The first-order valence-corrected chi connectivity index (χ1v) is 7.17. The van der Waals surface area contributed by atoms with Gasteiger partial charge in [0.15, 0.2) is 5.82 Å². The van der Waals surface area contributed by atoms with Crippen LogP contribution in [0.25, 0.3) is 0 Å². The highest BCUT2D eigenvalue weighted by Gasteiger charge is 2.37. The van der Waals surface area contributed by atoms with Crippen molar-refractivity contribution in [3.05, 3.63) is 22.7 Å². The first kappa shape index (κ1) is 13.8. The molecule has 0 radical (unpaired) electrons. The number of methoxy groups -OCH3 is 1. The van der Waals surface area contributed by atoms with Gasteiger partial charge in [-0.25, -0.2) is 9.97 Å². The molecule has 4 heteroatoms. The van der Waals surface area contributed by atoms with E-state index in [0.29, 0.717) is 5.15 Å². The summed E-state index contributed by atoms with van der Waals surface area (Å²) in [6.45, 7) is 2.14. The third kappa shape index (κ3) is 2.83. The van der Waals surface area contributed by atoms with E-state index in [0.717, 1.165) is 37.2 Å². The average molecular weight is 269 g/mol. The third-order valence-corrected chi connectivity index (χ3v) is 3.91. The molecule has 0 N–H and O–H groups in total. The predicted octanol–water partition coefficient (Wildman–Crippen LogP) is 3.89. The monoisotopic (exact) mass is 268 g/mol. The van der Waals surface area contributed by atoms with Crippen LogP contribution in [0.3, 0.4) is 0 Å². The van der Waals surface area contributed by atoms with E-state index in [4.69, 9.17) is 16.3 Å². The van der Waals surface area contributed by atoms with Gasteiger partial charge in [0.1, 0.15) is 10.8 Å². The van der Waals surface area contributed by atoms with Crippen LogP contribution in [-0.4, -0.2) is 17.1 Å². The van der Waals surface area contributed by atoms with Gasteiger partial charge in [-0.15, -0.1) is 0 Å². The summed E-state index contributed by atoms with van der Waals surface area (Å²) in [7, 11) is 1.76. The third-order valence-electron chi connectivity index (χ3n) is 3.71. The maximum Gasteiger partial charge on any atom is 0.162 e. The topological polar surface area (TPSA) is 35.0 Å². The second kappa shape index (κ2) is 5.98. The Morgan fingerprint density at radius 2 is 2.00 bits per heavy atom. The molecule has 100 valence electrons. The molecule has 0 unspecified atom stereocenters. The van der Waals surface area contributed by atoms with Crippen molar-refractivity contribution in [1.82, 2.24) is 9.97 Å². The van der Waals surface area contributed by atoms with Crippen molar-refractivity contribution in [3.8, 4) is 0 Å². The molecular formula is C14H21ClN2O. The van der Waals surface area contributed by atoms with E-state index in [1.54, 1.807) is 7.11 Å². The van der Waals surface area contributed by atoms with Crippen LogP contribution < -0.4 is 0 Å². The molecule has 18 heavy (non-hydrogen) atoms. The quantitative estimate of drug-likeness (QED) is 0.777. The fraction of sp³-hybridized carbons (Fsp3) is 0.714. The van der Waals surface area contributed by atoms with Gasteiger partial charge in [0, 0.05) is 12.8 Å². The van der Waals surface area contributed by atoms with Crippen molar-refractivity contribution in [2.24, 2.45) is 0 Å². The minimum absolute atomic E-state index is 0.314. The zero-order chi connectivity index (χ0) is 13.0. The zero-order valence-corrected chi connectivity index (χ0v) is 12.0. The highest BCUT2D eigenvalue weighted by atomic mass is 35.5. The summed E-state index contributed by atoms with van der Waals surface area (Å²) in [6, 6.07) is 1.86. The molecule has 1 heterocycles. The maximum atomic E-state index is 6.12. The summed E-state index contributed by atoms with van der Waals surface area (Å²) in [5.74, 6) is 0.778. The predicted molar refractivity (Wildman–Crippen MR) is 72.8 cm³/mol. The molecule has 1 aliphatic rings. The Kier molecular flexibility index (Phi) is 4.57. The number of ether oxygens (including phenoxy) is 1. The van der Waals surface area contributed by atoms with Crippen LogP contribution >= 0.6 is 11.6 Å². The lowest BCUT2D eigenvalue weighted by molar-refractivity contribution is -0.0516. The molecule has 1 aliphatic carbocycles. The molecule has 1 saturated carbocycles. The smallest absolute Gasteiger partial charge is 0.162 e. The molecule has 0 aliphatic heterocycles. The second-order valence-corrected chi connectivity index (χ2v) is 5.40. The zero-order valence-electron chi connectivity index (χ0n) is 11.2. The van der Waals surface area contributed by atoms with Gasteiger partial charge >= 0.3 is 0 Å². The second-order valence-electron chi connectivity index (χ2n) is 5.01. The minimum Gasteiger partial charge on any atom is -0.370 e. The van der Waals surface area contributed by atoms with Gasteiger partial charge in [0.2, 0.25) is 0 Å². The van der Waals surface area contributed by atoms with E-state index in [1.165, 1.54) is 19.3 Å². The number of rotatable bonds is 4. The Morgan fingerprint density at radius 1 is 1.28 bits per heavy atom. The van der Waals surface area contributed by atoms with E-state index >= 15 is 0 Å². The molecule has 0 saturated heterocycles. The van der Waals surface area contributed by atoms with Crippen LogP contribution in [0, 0.1) is 0 Å². The Morgan fingerprint density at radius 3 is 2.61 bits per heavy atom. The molecule has 2 rings (SSSR count). The minimum atomic E-state index is -0.314. The number of nitrogens with zero attached hydrogens (tertiary/aromatic N) is 2. The molecule has 0 atom stereocenters. The van der Waals surface area contributed by atoms with Crippen LogP contribution in [0.4, 0.5) is 0 Å². The van der Waals surface area contributed by atoms with Crippen molar-refractivity contribution in [2.75, 3.05) is 7.11 Å². The SMILES string of the molecule is CCCc1cc(Cl)nc(C2(OC)CCCCC2)n1. The van der Waals surface area contributed by atoms with Crippen LogP contribution in [0.15, 0.2) is 6.07 Å². The Balaban J connectivity index is 2.34. The first-order valence-electron chi connectivity index (χ1n) is 6.79. The summed E-state index contributed by atoms with van der Waals surface area (Å²) in [4.78, 5) is 9.08. The standard InChI is InChI=1S/C14H21ClN2O/c1-3-7-11-10-12(15)17-13(16-11)14(18-2)8-5-4-6-9-14/h10H,3-9H2,1-2H3. The Hall–Kier alpha value is -0.670. The van der Waals surface area contributed by atoms with Crippen LogP contribution in [0.1, 0.15) is 57.0 Å². The van der Waals surface area contributed by atoms with Crippen molar-refractivity contribution in [2.45, 2.75) is 57.5 Å². The summed E-state index contributed by atoms with van der Waals surface area (Å²) in [5.41, 5.74) is 0.709. The van der Waals surface area contributed by atoms with Crippen molar-refractivity contribution in [1.29, 1.82) is 0 Å². The molecule has 3 nitrogen and oxygen atoms in total. The molecule has 0 aromatic carbocycles. The van der Waals surface area contributed by atoms with Crippen LogP contribution in [0.2, 0.25) is 5.15 Å². The van der Waals surface area contributed by atoms with E-state index in [2.05, 4.69) is 16.9 Å². The van der Waals surface area contributed by atoms with E-state index < -0.39 is 0 Å². The fourth-order valence-corrected chi connectivity index (χ4v) is 2.90. The van der Waals surface area contributed by atoms with E-state index in [-0.39, 0.29) is 5.60 Å². The van der Waals surface area contributed by atoms with Crippen LogP contribution in [0.5, 0.6) is 0 Å². The number of hydrogen-bond donors (Lipinski definition) is 0. The summed E-state index contributed by atoms with van der Waals surface area (Å²) in [5, 5.41) is 0.533. The van der Waals surface area contributed by atoms with Gasteiger partial charge < -0.3 is 4.74 Å². The largest absolute Gasteiger partial charge is 0.370 e. The molecule has 1 aromatic heterocycles. The molecular weight excluding hydrogens is 248 g/mol. The lowest BCUT2D eigenvalue weighted by atomic mass is 9.84. The number of hydrogen-bond acceptors (Lipinski definition) is 3. The lowest BCUT2D eigenvalue weighted by Crippen LogP contribution is -2.33. The van der Waals surface area contributed by atoms with E-state index in [9.17, 15) is 0 Å². The summed E-state index contributed by atoms with van der Waals surface area (Å²) >= 11 is 6.12. The maximum absolute atomic E-state index is 6.12. The normalized spacial score (nSPS) is 18.8. The molecule has 0 amide bonds. The molecule has 1 fully saturated rings. The highest BCUT2D eigenvalue weighted by molar-refractivity contribution is 6.29. The van der Waals surface area contributed by atoms with Crippen molar-refractivity contribution >= 4 is 11.6 Å². The van der Waals surface area contributed by atoms with Gasteiger partial charge in [-0.3, -0.25) is 0 Å². The Labute approximate surface area is 114 Å². The summed E-state index contributed by atoms with van der Waals surface area (Å²) in [6.07, 6.45) is 7.61. The van der Waals surface area contributed by atoms with Gasteiger partial charge in [-0.05, 0) is 25.3 Å². The van der Waals surface area contributed by atoms with Gasteiger partial charge in [-0.2, -0.15) is 0 Å². The fourth-order valence-electron chi connectivity index (χ4n) is 2.69. The van der Waals surface area contributed by atoms with Gasteiger partial charge in [0.05, 0.1) is 0 Å². The highest BCUT2D eigenvalue weighted by Crippen LogP contribution is 2.38. The first-order chi connectivity index (χ1) is 8.70. The molecule has 1 aromatic rings. The van der Waals surface area contributed by atoms with Crippen molar-refractivity contribution in [3.63, 3.8) is 0 Å². The number of halogens is 1. The number of aryl methyl sites for hydroxylation is 1. The summed E-state index contributed by atoms with van der Waals surface area (Å²) < 4.78 is 5.77. The molecule has 0 spiro atoms. The average Bonchev–Trinajstić information content (AvgIpc) is 2.39. The lowest BCUT2D eigenvalue weighted by Gasteiger charge is -2.34. The van der Waals surface area contributed by atoms with Crippen molar-refractivity contribution < 1.29 is 4.74 Å². The molecule has 0 bridgehead atoms.